The van der Waals surface area contributed by atoms with Crippen molar-refractivity contribution in [3.63, 3.8) is 0 Å². The minimum absolute atomic E-state index is 0.394. The van der Waals surface area contributed by atoms with Crippen LogP contribution >= 0.6 is 11.8 Å². The average molecular weight is 272 g/mol. The van der Waals surface area contributed by atoms with Crippen LogP contribution < -0.4 is 0 Å². The summed E-state index contributed by atoms with van der Waals surface area (Å²) in [6.45, 7) is -0.00720. The van der Waals surface area contributed by atoms with E-state index in [9.17, 15) is 13.2 Å². The lowest BCUT2D eigenvalue weighted by Crippen LogP contribution is -2.35. The summed E-state index contributed by atoms with van der Waals surface area (Å²) in [4.78, 5) is 0. The van der Waals surface area contributed by atoms with Gasteiger partial charge in [0.05, 0.1) is 6.61 Å². The summed E-state index contributed by atoms with van der Waals surface area (Å²) in [7, 11) is 1.06. The number of thioether (sulfide) groups is 1. The van der Waals surface area contributed by atoms with Crippen molar-refractivity contribution in [1.29, 1.82) is 0 Å². The smallest absolute Gasteiger partial charge is 0.378 e. The number of alkyl halides is 3. The summed E-state index contributed by atoms with van der Waals surface area (Å²) >= 11 is 1.94. The second-order valence-electron chi connectivity index (χ2n) is 4.19. The highest BCUT2D eigenvalue weighted by Crippen LogP contribution is 2.26. The molecule has 0 aromatic heterocycles. The highest BCUT2D eigenvalue weighted by Gasteiger charge is 2.40. The molecule has 1 fully saturated rings. The fraction of sp³-hybridized carbons (Fsp3) is 1.00. The van der Waals surface area contributed by atoms with E-state index in [4.69, 9.17) is 4.74 Å². The van der Waals surface area contributed by atoms with Crippen LogP contribution in [0.5, 0.6) is 0 Å². The molecule has 0 aromatic rings. The number of halogens is 3. The third kappa shape index (κ3) is 5.97. The Morgan fingerprint density at radius 3 is 2.47 bits per heavy atom. The first-order chi connectivity index (χ1) is 8.04. The first kappa shape index (κ1) is 15.1. The Labute approximate surface area is 104 Å². The van der Waals surface area contributed by atoms with E-state index in [0.29, 0.717) is 12.5 Å². The van der Waals surface area contributed by atoms with Gasteiger partial charge in [-0.3, -0.25) is 0 Å². The first-order valence-corrected chi connectivity index (χ1v) is 6.94. The first-order valence-electron chi connectivity index (χ1n) is 5.79. The highest BCUT2D eigenvalue weighted by atomic mass is 32.2. The average Bonchev–Trinajstić information content (AvgIpc) is 2.28. The SMILES string of the molecule is COC(COCCC1CCSCC1)C(F)(F)F. The van der Waals surface area contributed by atoms with Crippen molar-refractivity contribution in [1.82, 2.24) is 0 Å². The topological polar surface area (TPSA) is 18.5 Å². The van der Waals surface area contributed by atoms with Gasteiger partial charge in [-0.25, -0.2) is 0 Å². The lowest BCUT2D eigenvalue weighted by molar-refractivity contribution is -0.226. The molecule has 0 spiro atoms. The van der Waals surface area contributed by atoms with E-state index >= 15 is 0 Å². The third-order valence-electron chi connectivity index (χ3n) is 2.93. The van der Waals surface area contributed by atoms with Gasteiger partial charge in [-0.15, -0.1) is 0 Å². The number of rotatable bonds is 6. The van der Waals surface area contributed by atoms with Gasteiger partial charge in [0.25, 0.3) is 0 Å². The van der Waals surface area contributed by atoms with Crippen molar-refractivity contribution >= 4 is 11.8 Å². The molecule has 102 valence electrons. The summed E-state index contributed by atoms with van der Waals surface area (Å²) in [5.74, 6) is 2.94. The predicted octanol–water partition coefficient (Wildman–Crippen LogP) is 3.11. The Morgan fingerprint density at radius 1 is 1.29 bits per heavy atom. The van der Waals surface area contributed by atoms with Gasteiger partial charge in [-0.05, 0) is 36.7 Å². The monoisotopic (exact) mass is 272 g/mol. The molecule has 17 heavy (non-hydrogen) atoms. The molecular weight excluding hydrogens is 253 g/mol. The van der Waals surface area contributed by atoms with Crippen LogP contribution in [0.2, 0.25) is 0 Å². The fourth-order valence-electron chi connectivity index (χ4n) is 1.77. The Bertz CT molecular complexity index is 205. The van der Waals surface area contributed by atoms with Crippen molar-refractivity contribution in [3.8, 4) is 0 Å². The lowest BCUT2D eigenvalue weighted by atomic mass is 10.00. The molecule has 1 aliphatic rings. The minimum atomic E-state index is -4.34. The molecule has 1 unspecified atom stereocenters. The van der Waals surface area contributed by atoms with Gasteiger partial charge in [0.2, 0.25) is 0 Å². The van der Waals surface area contributed by atoms with E-state index in [1.807, 2.05) is 11.8 Å². The standard InChI is InChI=1S/C11H19F3O2S/c1-15-10(11(12,13)14)8-16-5-2-9-3-6-17-7-4-9/h9-10H,2-8H2,1H3. The summed E-state index contributed by atoms with van der Waals surface area (Å²) < 4.78 is 46.3. The molecule has 0 bridgehead atoms. The largest absolute Gasteiger partial charge is 0.416 e. The zero-order valence-corrected chi connectivity index (χ0v) is 10.8. The van der Waals surface area contributed by atoms with Crippen LogP contribution in [0.1, 0.15) is 19.3 Å². The molecule has 0 aliphatic carbocycles. The summed E-state index contributed by atoms with van der Waals surface area (Å²) in [5.41, 5.74) is 0. The molecular formula is C11H19F3O2S. The summed E-state index contributed by atoms with van der Waals surface area (Å²) in [6.07, 6.45) is -2.97. The van der Waals surface area contributed by atoms with E-state index in [-0.39, 0.29) is 0 Å². The van der Waals surface area contributed by atoms with Crippen molar-refractivity contribution in [3.05, 3.63) is 0 Å². The van der Waals surface area contributed by atoms with Crippen LogP contribution in [-0.2, 0) is 9.47 Å². The number of ether oxygens (including phenoxy) is 2. The zero-order valence-electron chi connectivity index (χ0n) is 9.96. The Balaban J connectivity index is 2.10. The van der Waals surface area contributed by atoms with Gasteiger partial charge in [-0.2, -0.15) is 24.9 Å². The second kappa shape index (κ2) is 7.48. The number of methoxy groups -OCH3 is 1. The van der Waals surface area contributed by atoms with Crippen LogP contribution in [0.25, 0.3) is 0 Å². The normalized spacial score (nSPS) is 20.5. The molecule has 0 aromatic carbocycles. The molecule has 1 rings (SSSR count). The molecule has 0 amide bonds. The van der Waals surface area contributed by atoms with E-state index < -0.39 is 18.9 Å². The maximum atomic E-state index is 12.3. The minimum Gasteiger partial charge on any atom is -0.378 e. The van der Waals surface area contributed by atoms with Crippen LogP contribution in [0.3, 0.4) is 0 Å². The van der Waals surface area contributed by atoms with Gasteiger partial charge >= 0.3 is 6.18 Å². The van der Waals surface area contributed by atoms with E-state index in [1.54, 1.807) is 0 Å². The lowest BCUT2D eigenvalue weighted by Gasteiger charge is -2.22. The molecule has 6 heteroatoms. The summed E-state index contributed by atoms with van der Waals surface area (Å²) in [6, 6.07) is 0. The molecule has 1 aliphatic heterocycles. The quantitative estimate of drug-likeness (QED) is 0.692. The maximum Gasteiger partial charge on any atom is 0.416 e. The number of hydrogen-bond acceptors (Lipinski definition) is 3. The van der Waals surface area contributed by atoms with Crippen LogP contribution in [0.15, 0.2) is 0 Å². The molecule has 2 nitrogen and oxygen atoms in total. The molecule has 0 saturated carbocycles. The van der Waals surface area contributed by atoms with E-state index in [1.165, 1.54) is 0 Å². The van der Waals surface area contributed by atoms with Crippen molar-refractivity contribution in [2.45, 2.75) is 31.5 Å². The van der Waals surface area contributed by atoms with Gasteiger partial charge in [0.1, 0.15) is 0 Å². The Morgan fingerprint density at radius 2 is 1.94 bits per heavy atom. The third-order valence-corrected chi connectivity index (χ3v) is 3.98. The van der Waals surface area contributed by atoms with Crippen LogP contribution in [0, 0.1) is 5.92 Å². The molecule has 1 atom stereocenters. The van der Waals surface area contributed by atoms with Crippen molar-refractivity contribution < 1.29 is 22.6 Å². The van der Waals surface area contributed by atoms with Crippen LogP contribution in [-0.4, -0.2) is 44.1 Å². The van der Waals surface area contributed by atoms with Crippen molar-refractivity contribution in [2.75, 3.05) is 31.8 Å². The zero-order chi connectivity index (χ0) is 12.7. The van der Waals surface area contributed by atoms with Crippen molar-refractivity contribution in [2.24, 2.45) is 5.92 Å². The predicted molar refractivity (Wildman–Crippen MR) is 62.3 cm³/mol. The fourth-order valence-corrected chi connectivity index (χ4v) is 2.98. The van der Waals surface area contributed by atoms with Gasteiger partial charge in [0.15, 0.2) is 6.10 Å². The molecule has 0 N–H and O–H groups in total. The second-order valence-corrected chi connectivity index (χ2v) is 5.41. The van der Waals surface area contributed by atoms with E-state index in [0.717, 1.165) is 37.9 Å². The summed E-state index contributed by atoms with van der Waals surface area (Å²) in [5, 5.41) is 0. The molecule has 1 heterocycles. The van der Waals surface area contributed by atoms with Crippen LogP contribution in [0.4, 0.5) is 13.2 Å². The van der Waals surface area contributed by atoms with Gasteiger partial charge < -0.3 is 9.47 Å². The van der Waals surface area contributed by atoms with Gasteiger partial charge in [-0.1, -0.05) is 0 Å². The molecule has 0 radical (unpaired) electrons. The highest BCUT2D eigenvalue weighted by molar-refractivity contribution is 7.99. The Hall–Kier alpha value is 0.0600. The maximum absolute atomic E-state index is 12.3. The van der Waals surface area contributed by atoms with Gasteiger partial charge in [0, 0.05) is 13.7 Å². The molecule has 1 saturated heterocycles. The number of hydrogen-bond donors (Lipinski definition) is 0. The van der Waals surface area contributed by atoms with E-state index in [2.05, 4.69) is 4.74 Å². The Kier molecular flexibility index (Phi) is 6.66.